The second kappa shape index (κ2) is 8.97. The van der Waals surface area contributed by atoms with Crippen molar-refractivity contribution in [2.75, 3.05) is 0 Å². The van der Waals surface area contributed by atoms with E-state index < -0.39 is 12.1 Å². The molecule has 0 saturated heterocycles. The first-order valence-electron chi connectivity index (χ1n) is 9.61. The highest BCUT2D eigenvalue weighted by atomic mass is 32.1. The van der Waals surface area contributed by atoms with Gasteiger partial charge in [-0.1, -0.05) is 36.4 Å². The maximum Gasteiger partial charge on any atom is 0.408 e. The van der Waals surface area contributed by atoms with E-state index >= 15 is 0 Å². The molecular weight excluding hydrogens is 398 g/mol. The van der Waals surface area contributed by atoms with Crippen LogP contribution in [0.1, 0.15) is 18.2 Å². The Hall–Kier alpha value is -3.38. The Labute approximate surface area is 178 Å². The number of amides is 1. The summed E-state index contributed by atoms with van der Waals surface area (Å²) in [5.74, 6) is 0.422. The van der Waals surface area contributed by atoms with E-state index in [9.17, 15) is 9.59 Å². The third-order valence-corrected chi connectivity index (χ3v) is 5.52. The molecule has 5 nitrogen and oxygen atoms in total. The predicted octanol–water partition coefficient (Wildman–Crippen LogP) is 5.59. The zero-order valence-corrected chi connectivity index (χ0v) is 17.3. The van der Waals surface area contributed by atoms with Crippen LogP contribution < -0.4 is 5.32 Å². The highest BCUT2D eigenvalue weighted by Gasteiger charge is 2.19. The van der Waals surface area contributed by atoms with Gasteiger partial charge in [0.2, 0.25) is 0 Å². The van der Waals surface area contributed by atoms with Crippen molar-refractivity contribution in [1.29, 1.82) is 0 Å². The topological polar surface area (TPSA) is 68.5 Å². The second-order valence-corrected chi connectivity index (χ2v) is 7.83. The first-order chi connectivity index (χ1) is 14.6. The minimum absolute atomic E-state index is 0.00966. The third-order valence-electron chi connectivity index (χ3n) is 4.83. The Morgan fingerprint density at radius 1 is 1.07 bits per heavy atom. The van der Waals surface area contributed by atoms with Crippen LogP contribution in [0.5, 0.6) is 0 Å². The summed E-state index contributed by atoms with van der Waals surface area (Å²) < 4.78 is 11.1. The van der Waals surface area contributed by atoms with Crippen molar-refractivity contribution in [2.45, 2.75) is 26.0 Å². The van der Waals surface area contributed by atoms with E-state index in [0.717, 1.165) is 27.7 Å². The number of Topliss-reactive ketones (excluding diaryl/α,β-unsaturated/α-hetero) is 1. The van der Waals surface area contributed by atoms with Gasteiger partial charge in [0.05, 0.1) is 6.04 Å². The lowest BCUT2D eigenvalue weighted by molar-refractivity contribution is -0.118. The monoisotopic (exact) mass is 419 g/mol. The molecule has 2 aromatic heterocycles. The van der Waals surface area contributed by atoms with Gasteiger partial charge < -0.3 is 14.5 Å². The van der Waals surface area contributed by atoms with Gasteiger partial charge in [0.1, 0.15) is 11.3 Å². The number of benzene rings is 2. The van der Waals surface area contributed by atoms with Crippen molar-refractivity contribution in [1.82, 2.24) is 5.32 Å². The number of alkyl carbamates (subject to hydrolysis) is 1. The van der Waals surface area contributed by atoms with E-state index in [1.165, 1.54) is 6.92 Å². The number of hydrogen-bond acceptors (Lipinski definition) is 5. The van der Waals surface area contributed by atoms with Gasteiger partial charge in [0, 0.05) is 5.39 Å². The molecule has 1 N–H and O–H groups in total. The predicted molar refractivity (Wildman–Crippen MR) is 117 cm³/mol. The standard InChI is InChI=1S/C24H21NO4S/c1-16(26)22(11-17-5-3-2-4-6-17)25-24(27)28-14-21-13-20-12-18(7-8-23(20)29-21)19-9-10-30-15-19/h2-10,12-13,15,22H,11,14H2,1H3,(H,25,27). The van der Waals surface area contributed by atoms with Crippen LogP contribution in [-0.4, -0.2) is 17.9 Å². The maximum atomic E-state index is 12.2. The van der Waals surface area contributed by atoms with Crippen LogP contribution in [0.4, 0.5) is 4.79 Å². The summed E-state index contributed by atoms with van der Waals surface area (Å²) in [6, 6.07) is 18.8. The van der Waals surface area contributed by atoms with Crippen LogP contribution in [0.3, 0.4) is 0 Å². The minimum Gasteiger partial charge on any atom is -0.457 e. The van der Waals surface area contributed by atoms with Crippen LogP contribution in [0, 0.1) is 0 Å². The molecule has 4 aromatic rings. The number of thiophene rings is 1. The number of furan rings is 1. The van der Waals surface area contributed by atoms with Gasteiger partial charge in [0.25, 0.3) is 0 Å². The van der Waals surface area contributed by atoms with Gasteiger partial charge in [-0.25, -0.2) is 4.79 Å². The van der Waals surface area contributed by atoms with Gasteiger partial charge in [-0.3, -0.25) is 4.79 Å². The highest BCUT2D eigenvalue weighted by molar-refractivity contribution is 7.08. The molecule has 4 rings (SSSR count). The fourth-order valence-corrected chi connectivity index (χ4v) is 3.91. The van der Waals surface area contributed by atoms with Gasteiger partial charge in [0.15, 0.2) is 12.4 Å². The molecule has 0 aliphatic heterocycles. The summed E-state index contributed by atoms with van der Waals surface area (Å²) >= 11 is 1.65. The SMILES string of the molecule is CC(=O)C(Cc1ccccc1)NC(=O)OCc1cc2cc(-c3ccsc3)ccc2o1. The molecule has 6 heteroatoms. The summed E-state index contributed by atoms with van der Waals surface area (Å²) in [6.45, 7) is 1.45. The van der Waals surface area contributed by atoms with Crippen LogP contribution in [0.2, 0.25) is 0 Å². The first-order valence-corrected chi connectivity index (χ1v) is 10.6. The molecule has 1 atom stereocenters. The fraction of sp³-hybridized carbons (Fsp3) is 0.167. The zero-order valence-electron chi connectivity index (χ0n) is 16.5. The Balaban J connectivity index is 1.38. The fourth-order valence-electron chi connectivity index (χ4n) is 3.24. The molecule has 2 aromatic carbocycles. The van der Waals surface area contributed by atoms with Crippen LogP contribution >= 0.6 is 11.3 Å². The van der Waals surface area contributed by atoms with Crippen molar-refractivity contribution < 1.29 is 18.7 Å². The Morgan fingerprint density at radius 2 is 1.90 bits per heavy atom. The van der Waals surface area contributed by atoms with Gasteiger partial charge in [-0.05, 0) is 65.1 Å². The number of nitrogens with one attached hydrogen (secondary N) is 1. The van der Waals surface area contributed by atoms with E-state index in [1.807, 2.05) is 53.9 Å². The summed E-state index contributed by atoms with van der Waals surface area (Å²) in [5.41, 5.74) is 3.98. The maximum absolute atomic E-state index is 12.2. The molecule has 1 amide bonds. The van der Waals surface area contributed by atoms with E-state index in [0.29, 0.717) is 12.2 Å². The number of carbonyl (C=O) groups is 2. The lowest BCUT2D eigenvalue weighted by atomic mass is 10.0. The summed E-state index contributed by atoms with van der Waals surface area (Å²) in [4.78, 5) is 24.1. The molecule has 0 aliphatic rings. The number of rotatable bonds is 7. The average molecular weight is 420 g/mol. The summed E-state index contributed by atoms with van der Waals surface area (Å²) in [5, 5.41) is 7.73. The molecule has 1 unspecified atom stereocenters. The number of hydrogen-bond donors (Lipinski definition) is 1. The van der Waals surface area contributed by atoms with Crippen LogP contribution in [0.15, 0.2) is 75.8 Å². The van der Waals surface area contributed by atoms with Gasteiger partial charge in [-0.15, -0.1) is 0 Å². The minimum atomic E-state index is -0.648. The number of ketones is 1. The molecule has 152 valence electrons. The smallest absolute Gasteiger partial charge is 0.408 e. The number of fused-ring (bicyclic) bond motifs is 1. The van der Waals surface area contributed by atoms with E-state index in [2.05, 4.69) is 22.8 Å². The lowest BCUT2D eigenvalue weighted by Crippen LogP contribution is -2.41. The van der Waals surface area contributed by atoms with Crippen LogP contribution in [-0.2, 0) is 22.6 Å². The van der Waals surface area contributed by atoms with Crippen molar-refractivity contribution >= 4 is 34.2 Å². The van der Waals surface area contributed by atoms with Crippen molar-refractivity contribution in [3.05, 3.63) is 82.7 Å². The molecule has 0 bridgehead atoms. The Morgan fingerprint density at radius 3 is 2.63 bits per heavy atom. The molecule has 0 spiro atoms. The summed E-state index contributed by atoms with van der Waals surface area (Å²) in [7, 11) is 0. The molecule has 0 radical (unpaired) electrons. The Bertz CT molecular complexity index is 1150. The quantitative estimate of drug-likeness (QED) is 0.424. The average Bonchev–Trinajstić information content (AvgIpc) is 3.41. The highest BCUT2D eigenvalue weighted by Crippen LogP contribution is 2.28. The van der Waals surface area contributed by atoms with E-state index in [4.69, 9.17) is 9.15 Å². The molecule has 0 fully saturated rings. The van der Waals surface area contributed by atoms with Crippen LogP contribution in [0.25, 0.3) is 22.1 Å². The second-order valence-electron chi connectivity index (χ2n) is 7.05. The van der Waals surface area contributed by atoms with Crippen molar-refractivity contribution in [3.63, 3.8) is 0 Å². The number of carbonyl (C=O) groups excluding carboxylic acids is 2. The lowest BCUT2D eigenvalue weighted by Gasteiger charge is -2.15. The van der Waals surface area contributed by atoms with Gasteiger partial charge in [-0.2, -0.15) is 11.3 Å². The Kier molecular flexibility index (Phi) is 5.95. The van der Waals surface area contributed by atoms with Crippen molar-refractivity contribution in [2.24, 2.45) is 0 Å². The van der Waals surface area contributed by atoms with Crippen molar-refractivity contribution in [3.8, 4) is 11.1 Å². The normalized spacial score (nSPS) is 11.9. The first kappa shape index (κ1) is 19.9. The molecule has 0 aliphatic carbocycles. The third kappa shape index (κ3) is 4.78. The molecule has 30 heavy (non-hydrogen) atoms. The van der Waals surface area contributed by atoms with E-state index in [-0.39, 0.29) is 12.4 Å². The molecule has 0 saturated carbocycles. The molecular formula is C24H21NO4S. The molecule has 2 heterocycles. The summed E-state index contributed by atoms with van der Waals surface area (Å²) in [6.07, 6.45) is -0.230. The largest absolute Gasteiger partial charge is 0.457 e. The van der Waals surface area contributed by atoms with Gasteiger partial charge >= 0.3 is 6.09 Å². The number of ether oxygens (including phenoxy) is 1. The van der Waals surface area contributed by atoms with E-state index in [1.54, 1.807) is 11.3 Å². The zero-order chi connectivity index (χ0) is 20.9.